The normalized spacial score (nSPS) is 23.6. The lowest BCUT2D eigenvalue weighted by molar-refractivity contribution is -0.0805. The zero-order valence-electron chi connectivity index (χ0n) is 12.0. The van der Waals surface area contributed by atoms with Crippen LogP contribution in [0, 0.1) is 0 Å². The number of carbonyl (C=O) groups is 1. The van der Waals surface area contributed by atoms with Crippen molar-refractivity contribution in [2.24, 2.45) is 0 Å². The van der Waals surface area contributed by atoms with Crippen molar-refractivity contribution < 1.29 is 14.6 Å². The lowest BCUT2D eigenvalue weighted by atomic mass is 10.1. The van der Waals surface area contributed by atoms with Crippen molar-refractivity contribution in [3.8, 4) is 0 Å². The van der Waals surface area contributed by atoms with E-state index >= 15 is 0 Å². The van der Waals surface area contributed by atoms with Gasteiger partial charge in [0.2, 0.25) is 0 Å². The Bertz CT molecular complexity index is 447. The van der Waals surface area contributed by atoms with E-state index in [0.717, 1.165) is 18.7 Å². The first-order chi connectivity index (χ1) is 9.63. The molecule has 2 N–H and O–H groups in total. The van der Waals surface area contributed by atoms with Crippen LogP contribution in [-0.4, -0.2) is 54.9 Å². The Morgan fingerprint density at radius 1 is 1.45 bits per heavy atom. The Morgan fingerprint density at radius 2 is 2.15 bits per heavy atom. The van der Waals surface area contributed by atoms with Crippen molar-refractivity contribution in [3.05, 3.63) is 35.4 Å². The minimum atomic E-state index is -0.101. The van der Waals surface area contributed by atoms with Crippen molar-refractivity contribution in [2.45, 2.75) is 25.6 Å². The van der Waals surface area contributed by atoms with Gasteiger partial charge < -0.3 is 15.2 Å². The third kappa shape index (κ3) is 3.56. The lowest BCUT2D eigenvalue weighted by Crippen LogP contribution is -2.48. The summed E-state index contributed by atoms with van der Waals surface area (Å²) in [5, 5.41) is 11.8. The summed E-state index contributed by atoms with van der Waals surface area (Å²) in [6.07, 6.45) is -0.101. The largest absolute Gasteiger partial charge is 0.394 e. The van der Waals surface area contributed by atoms with Crippen LogP contribution in [0.25, 0.3) is 0 Å². The molecule has 5 nitrogen and oxygen atoms in total. The molecular weight excluding hydrogens is 256 g/mol. The van der Waals surface area contributed by atoms with Gasteiger partial charge in [0, 0.05) is 31.7 Å². The molecule has 5 heteroatoms. The number of nitrogens with zero attached hydrogens (tertiary/aromatic N) is 1. The highest BCUT2D eigenvalue weighted by molar-refractivity contribution is 5.93. The van der Waals surface area contributed by atoms with Crippen LogP contribution in [0.15, 0.2) is 24.3 Å². The highest BCUT2D eigenvalue weighted by Gasteiger charge is 2.25. The molecule has 1 saturated heterocycles. The average molecular weight is 278 g/mol. The van der Waals surface area contributed by atoms with E-state index in [1.54, 1.807) is 7.05 Å². The highest BCUT2D eigenvalue weighted by atomic mass is 16.5. The summed E-state index contributed by atoms with van der Waals surface area (Å²) in [6.45, 7) is 4.34. The number of hydrogen-bond acceptors (Lipinski definition) is 4. The van der Waals surface area contributed by atoms with E-state index in [4.69, 9.17) is 4.74 Å². The Morgan fingerprint density at radius 3 is 2.75 bits per heavy atom. The quantitative estimate of drug-likeness (QED) is 0.848. The van der Waals surface area contributed by atoms with Crippen LogP contribution in [0.4, 0.5) is 0 Å². The highest BCUT2D eigenvalue weighted by Crippen LogP contribution is 2.16. The van der Waals surface area contributed by atoms with Gasteiger partial charge in [-0.3, -0.25) is 9.69 Å². The minimum Gasteiger partial charge on any atom is -0.394 e. The van der Waals surface area contributed by atoms with Gasteiger partial charge >= 0.3 is 0 Å². The number of morpholine rings is 1. The minimum absolute atomic E-state index is 0.0544. The van der Waals surface area contributed by atoms with Crippen molar-refractivity contribution in [1.29, 1.82) is 0 Å². The number of hydrogen-bond donors (Lipinski definition) is 2. The molecule has 1 aromatic carbocycles. The molecule has 1 aliphatic rings. The first-order valence-corrected chi connectivity index (χ1v) is 6.91. The summed E-state index contributed by atoms with van der Waals surface area (Å²) < 4.78 is 5.53. The SMILES string of the molecule is CNC(=O)c1ccc(CN2CC(CO)OCC2C)cc1. The lowest BCUT2D eigenvalue weighted by Gasteiger charge is -2.37. The maximum Gasteiger partial charge on any atom is 0.251 e. The van der Waals surface area contributed by atoms with Crippen molar-refractivity contribution in [3.63, 3.8) is 0 Å². The van der Waals surface area contributed by atoms with E-state index in [1.807, 2.05) is 24.3 Å². The zero-order valence-corrected chi connectivity index (χ0v) is 12.0. The van der Waals surface area contributed by atoms with Crippen LogP contribution in [-0.2, 0) is 11.3 Å². The maximum atomic E-state index is 11.5. The van der Waals surface area contributed by atoms with Crippen LogP contribution in [0.2, 0.25) is 0 Å². The summed E-state index contributed by atoms with van der Waals surface area (Å²) in [5.41, 5.74) is 1.82. The van der Waals surface area contributed by atoms with Crippen LogP contribution in [0.1, 0.15) is 22.8 Å². The van der Waals surface area contributed by atoms with Gasteiger partial charge in [-0.05, 0) is 24.6 Å². The third-order valence-electron chi connectivity index (χ3n) is 3.67. The van der Waals surface area contributed by atoms with E-state index < -0.39 is 0 Å². The molecule has 1 heterocycles. The average Bonchev–Trinajstić information content (AvgIpc) is 2.49. The molecule has 1 aliphatic heterocycles. The summed E-state index contributed by atoms with van der Waals surface area (Å²) >= 11 is 0. The summed E-state index contributed by atoms with van der Waals surface area (Å²) in [5.74, 6) is -0.0726. The van der Waals surface area contributed by atoms with E-state index in [9.17, 15) is 9.90 Å². The fourth-order valence-electron chi connectivity index (χ4n) is 2.35. The van der Waals surface area contributed by atoms with Crippen LogP contribution >= 0.6 is 0 Å². The number of benzene rings is 1. The van der Waals surface area contributed by atoms with Gasteiger partial charge in [0.25, 0.3) is 5.91 Å². The van der Waals surface area contributed by atoms with E-state index in [0.29, 0.717) is 18.2 Å². The van der Waals surface area contributed by atoms with E-state index in [1.165, 1.54) is 0 Å². The molecule has 1 amide bonds. The number of aliphatic hydroxyl groups excluding tert-OH is 1. The van der Waals surface area contributed by atoms with Gasteiger partial charge in [-0.15, -0.1) is 0 Å². The Hall–Kier alpha value is -1.43. The molecule has 0 saturated carbocycles. The molecular formula is C15H22N2O3. The molecule has 0 bridgehead atoms. The topological polar surface area (TPSA) is 61.8 Å². The van der Waals surface area contributed by atoms with Crippen LogP contribution in [0.3, 0.4) is 0 Å². The van der Waals surface area contributed by atoms with Gasteiger partial charge in [0.15, 0.2) is 0 Å². The molecule has 0 radical (unpaired) electrons. The molecule has 2 rings (SSSR count). The molecule has 2 atom stereocenters. The molecule has 1 fully saturated rings. The number of nitrogens with one attached hydrogen (secondary N) is 1. The summed E-state index contributed by atoms with van der Waals surface area (Å²) in [4.78, 5) is 13.8. The number of ether oxygens (including phenoxy) is 1. The molecule has 110 valence electrons. The predicted molar refractivity (Wildman–Crippen MR) is 76.5 cm³/mol. The Labute approximate surface area is 119 Å². The van der Waals surface area contributed by atoms with E-state index in [2.05, 4.69) is 17.1 Å². The number of aliphatic hydroxyl groups is 1. The standard InChI is InChI=1S/C15H22N2O3/c1-11-10-20-14(9-18)8-17(11)7-12-3-5-13(6-4-12)15(19)16-2/h3-6,11,14,18H,7-10H2,1-2H3,(H,16,19). The van der Waals surface area contributed by atoms with Gasteiger partial charge in [-0.25, -0.2) is 0 Å². The third-order valence-corrected chi connectivity index (χ3v) is 3.67. The fourth-order valence-corrected chi connectivity index (χ4v) is 2.35. The first-order valence-electron chi connectivity index (χ1n) is 6.91. The monoisotopic (exact) mass is 278 g/mol. The second-order valence-electron chi connectivity index (χ2n) is 5.19. The van der Waals surface area contributed by atoms with Crippen LogP contribution < -0.4 is 5.32 Å². The number of rotatable bonds is 4. The van der Waals surface area contributed by atoms with Crippen LogP contribution in [0.5, 0.6) is 0 Å². The zero-order chi connectivity index (χ0) is 14.5. The van der Waals surface area contributed by atoms with Crippen molar-refractivity contribution in [2.75, 3.05) is 26.8 Å². The Kier molecular flexibility index (Phi) is 5.11. The molecule has 1 aromatic rings. The Balaban J connectivity index is 2.00. The first kappa shape index (κ1) is 15.0. The van der Waals surface area contributed by atoms with Crippen molar-refractivity contribution >= 4 is 5.91 Å². The molecule has 0 aliphatic carbocycles. The number of carbonyl (C=O) groups excluding carboxylic acids is 1. The smallest absolute Gasteiger partial charge is 0.251 e. The molecule has 20 heavy (non-hydrogen) atoms. The van der Waals surface area contributed by atoms with Gasteiger partial charge in [-0.1, -0.05) is 12.1 Å². The van der Waals surface area contributed by atoms with Gasteiger partial charge in [0.05, 0.1) is 19.3 Å². The van der Waals surface area contributed by atoms with Gasteiger partial charge in [-0.2, -0.15) is 0 Å². The predicted octanol–water partition coefficient (Wildman–Crippen LogP) is 0.628. The maximum absolute atomic E-state index is 11.5. The fraction of sp³-hybridized carbons (Fsp3) is 0.533. The van der Waals surface area contributed by atoms with Gasteiger partial charge in [0.1, 0.15) is 0 Å². The van der Waals surface area contributed by atoms with Crippen molar-refractivity contribution in [1.82, 2.24) is 10.2 Å². The molecule has 2 unspecified atom stereocenters. The molecule has 0 aromatic heterocycles. The summed E-state index contributed by atoms with van der Waals surface area (Å²) in [7, 11) is 1.63. The summed E-state index contributed by atoms with van der Waals surface area (Å²) in [6, 6.07) is 7.95. The second kappa shape index (κ2) is 6.83. The second-order valence-corrected chi connectivity index (χ2v) is 5.19. The number of amides is 1. The van der Waals surface area contributed by atoms with E-state index in [-0.39, 0.29) is 18.6 Å². The molecule has 0 spiro atoms.